The molecule has 2 aromatic rings. The molecule has 0 saturated heterocycles. The molecule has 5 heteroatoms. The maximum Gasteiger partial charge on any atom is 0.161 e. The van der Waals surface area contributed by atoms with Crippen molar-refractivity contribution in [3.63, 3.8) is 0 Å². The molecule has 1 heterocycles. The highest BCUT2D eigenvalue weighted by atomic mass is 79.9. The molecule has 0 aliphatic rings. The Labute approximate surface area is 126 Å². The number of hydrogen-bond acceptors (Lipinski definition) is 3. The number of nitrogens with two attached hydrogens (primary N) is 1. The van der Waals surface area contributed by atoms with Crippen LogP contribution in [0.15, 0.2) is 28.7 Å². The number of hydrogen-bond donors (Lipinski definition) is 1. The van der Waals surface area contributed by atoms with E-state index in [1.165, 1.54) is 0 Å². The summed E-state index contributed by atoms with van der Waals surface area (Å²) < 4.78 is 0.851. The molecule has 0 radical (unpaired) electrons. The Kier molecular flexibility index (Phi) is 4.42. The van der Waals surface area contributed by atoms with Crippen molar-refractivity contribution in [2.45, 2.75) is 20.3 Å². The molecular formula is C14H15BrClN3. The minimum atomic E-state index is 0.486. The van der Waals surface area contributed by atoms with E-state index in [1.54, 1.807) is 0 Å². The highest BCUT2D eigenvalue weighted by molar-refractivity contribution is 9.10. The van der Waals surface area contributed by atoms with Crippen molar-refractivity contribution in [3.05, 3.63) is 39.5 Å². The molecule has 2 rings (SSSR count). The molecule has 2 N–H and O–H groups in total. The lowest BCUT2D eigenvalue weighted by Crippen LogP contribution is -2.03. The van der Waals surface area contributed by atoms with Crippen LogP contribution in [-0.2, 0) is 6.42 Å². The van der Waals surface area contributed by atoms with E-state index < -0.39 is 0 Å². The number of nitrogens with zero attached hydrogens (tertiary/aromatic N) is 2. The number of nitrogen functional groups attached to an aromatic ring is 1. The van der Waals surface area contributed by atoms with Gasteiger partial charge >= 0.3 is 0 Å². The Hall–Kier alpha value is -1.13. The molecule has 0 bridgehead atoms. The van der Waals surface area contributed by atoms with E-state index in [9.17, 15) is 0 Å². The summed E-state index contributed by atoms with van der Waals surface area (Å²) in [6, 6.07) is 7.46. The van der Waals surface area contributed by atoms with Gasteiger partial charge in [-0.3, -0.25) is 0 Å². The first kappa shape index (κ1) is 14.3. The molecule has 0 saturated carbocycles. The summed E-state index contributed by atoms with van der Waals surface area (Å²) in [5.41, 5.74) is 7.67. The zero-order chi connectivity index (χ0) is 14.0. The average Bonchev–Trinajstić information content (AvgIpc) is 2.31. The van der Waals surface area contributed by atoms with Gasteiger partial charge in [0.1, 0.15) is 5.82 Å². The topological polar surface area (TPSA) is 51.8 Å². The van der Waals surface area contributed by atoms with E-state index in [0.29, 0.717) is 22.6 Å². The van der Waals surface area contributed by atoms with Crippen LogP contribution in [0.3, 0.4) is 0 Å². The smallest absolute Gasteiger partial charge is 0.161 e. The fraction of sp³-hybridized carbons (Fsp3) is 0.286. The van der Waals surface area contributed by atoms with E-state index in [2.05, 4.69) is 39.7 Å². The van der Waals surface area contributed by atoms with Gasteiger partial charge in [0, 0.05) is 21.8 Å². The first-order chi connectivity index (χ1) is 8.95. The molecular weight excluding hydrogens is 326 g/mol. The minimum absolute atomic E-state index is 0.486. The van der Waals surface area contributed by atoms with Crippen molar-refractivity contribution in [1.82, 2.24) is 9.97 Å². The number of anilines is 1. The lowest BCUT2D eigenvalue weighted by molar-refractivity contribution is 0.635. The van der Waals surface area contributed by atoms with Crippen molar-refractivity contribution in [3.8, 4) is 11.4 Å². The standard InChI is InChI=1S/C14H15BrClN3/c1-8(2)5-10-7-13(17)19-14(18-10)9-3-4-11(15)12(16)6-9/h3-4,6-8H,5H2,1-2H3,(H2,17,18,19). The Morgan fingerprint density at radius 1 is 1.26 bits per heavy atom. The normalized spacial score (nSPS) is 11.0. The number of halogens is 2. The van der Waals surface area contributed by atoms with Gasteiger partial charge in [0.25, 0.3) is 0 Å². The highest BCUT2D eigenvalue weighted by Crippen LogP contribution is 2.27. The van der Waals surface area contributed by atoms with Crippen LogP contribution < -0.4 is 5.73 Å². The maximum absolute atomic E-state index is 6.09. The fourth-order valence-corrected chi connectivity index (χ4v) is 2.23. The lowest BCUT2D eigenvalue weighted by Gasteiger charge is -2.08. The largest absolute Gasteiger partial charge is 0.384 e. The Bertz CT molecular complexity index is 599. The molecule has 19 heavy (non-hydrogen) atoms. The summed E-state index contributed by atoms with van der Waals surface area (Å²) in [6.07, 6.45) is 0.879. The van der Waals surface area contributed by atoms with Crippen LogP contribution in [0.25, 0.3) is 11.4 Å². The molecule has 0 unspecified atom stereocenters. The first-order valence-corrected chi connectivity index (χ1v) is 7.21. The van der Waals surface area contributed by atoms with E-state index >= 15 is 0 Å². The quantitative estimate of drug-likeness (QED) is 0.904. The molecule has 0 spiro atoms. The maximum atomic E-state index is 6.09. The predicted molar refractivity (Wildman–Crippen MR) is 83.1 cm³/mol. The number of aromatic nitrogens is 2. The molecule has 100 valence electrons. The van der Waals surface area contributed by atoms with Crippen molar-refractivity contribution in [2.24, 2.45) is 5.92 Å². The summed E-state index contributed by atoms with van der Waals surface area (Å²) in [6.45, 7) is 4.29. The van der Waals surface area contributed by atoms with Gasteiger partial charge in [-0.15, -0.1) is 0 Å². The van der Waals surface area contributed by atoms with E-state index in [1.807, 2.05) is 24.3 Å². The SMILES string of the molecule is CC(C)Cc1cc(N)nc(-c2ccc(Br)c(Cl)c2)n1. The van der Waals surface area contributed by atoms with Crippen LogP contribution >= 0.6 is 27.5 Å². The summed E-state index contributed by atoms with van der Waals surface area (Å²) in [7, 11) is 0. The molecule has 1 aromatic heterocycles. The third-order valence-corrected chi connectivity index (χ3v) is 3.83. The summed E-state index contributed by atoms with van der Waals surface area (Å²) in [5.74, 6) is 1.63. The molecule has 0 aliphatic carbocycles. The van der Waals surface area contributed by atoms with Gasteiger partial charge < -0.3 is 5.73 Å². The van der Waals surface area contributed by atoms with E-state index in [4.69, 9.17) is 17.3 Å². The van der Waals surface area contributed by atoms with Gasteiger partial charge in [-0.2, -0.15) is 0 Å². The van der Waals surface area contributed by atoms with E-state index in [-0.39, 0.29) is 0 Å². The van der Waals surface area contributed by atoms with Crippen LogP contribution in [0.4, 0.5) is 5.82 Å². The molecule has 3 nitrogen and oxygen atoms in total. The monoisotopic (exact) mass is 339 g/mol. The summed E-state index contributed by atoms with van der Waals surface area (Å²) >= 11 is 9.46. The van der Waals surface area contributed by atoms with Crippen LogP contribution in [-0.4, -0.2) is 9.97 Å². The van der Waals surface area contributed by atoms with Crippen LogP contribution in [0.1, 0.15) is 19.5 Å². The van der Waals surface area contributed by atoms with Gasteiger partial charge in [-0.05, 0) is 46.5 Å². The summed E-state index contributed by atoms with van der Waals surface area (Å²) in [4.78, 5) is 8.82. The highest BCUT2D eigenvalue weighted by Gasteiger charge is 2.08. The summed E-state index contributed by atoms with van der Waals surface area (Å²) in [5, 5.41) is 0.633. The third kappa shape index (κ3) is 3.67. The van der Waals surface area contributed by atoms with Crippen molar-refractivity contribution in [2.75, 3.05) is 5.73 Å². The van der Waals surface area contributed by atoms with E-state index in [0.717, 1.165) is 22.2 Å². The van der Waals surface area contributed by atoms with Gasteiger partial charge in [0.2, 0.25) is 0 Å². The minimum Gasteiger partial charge on any atom is -0.384 e. The molecule has 0 fully saturated rings. The van der Waals surface area contributed by atoms with Crippen molar-refractivity contribution >= 4 is 33.3 Å². The molecule has 0 atom stereocenters. The number of rotatable bonds is 3. The van der Waals surface area contributed by atoms with Gasteiger partial charge in [0.05, 0.1) is 5.02 Å². The predicted octanol–water partition coefficient (Wildman–Crippen LogP) is 4.34. The van der Waals surface area contributed by atoms with Gasteiger partial charge in [0.15, 0.2) is 5.82 Å². The average molecular weight is 341 g/mol. The zero-order valence-electron chi connectivity index (χ0n) is 10.8. The third-order valence-electron chi connectivity index (χ3n) is 2.59. The first-order valence-electron chi connectivity index (χ1n) is 6.04. The fourth-order valence-electron chi connectivity index (χ4n) is 1.81. The molecule has 1 aromatic carbocycles. The second kappa shape index (κ2) is 5.88. The molecule has 0 aliphatic heterocycles. The van der Waals surface area contributed by atoms with Crippen molar-refractivity contribution in [1.29, 1.82) is 0 Å². The Morgan fingerprint density at radius 3 is 2.63 bits per heavy atom. The van der Waals surface area contributed by atoms with Crippen LogP contribution in [0.5, 0.6) is 0 Å². The van der Waals surface area contributed by atoms with Gasteiger partial charge in [-0.25, -0.2) is 9.97 Å². The lowest BCUT2D eigenvalue weighted by atomic mass is 10.1. The van der Waals surface area contributed by atoms with Crippen LogP contribution in [0.2, 0.25) is 5.02 Å². The molecule has 0 amide bonds. The van der Waals surface area contributed by atoms with Crippen LogP contribution in [0, 0.1) is 5.92 Å². The van der Waals surface area contributed by atoms with Crippen molar-refractivity contribution < 1.29 is 0 Å². The Balaban J connectivity index is 2.43. The number of benzene rings is 1. The van der Waals surface area contributed by atoms with Gasteiger partial charge in [-0.1, -0.05) is 25.4 Å². The Morgan fingerprint density at radius 2 is 2.00 bits per heavy atom. The second-order valence-corrected chi connectivity index (χ2v) is 6.10. The zero-order valence-corrected chi connectivity index (χ0v) is 13.2. The second-order valence-electron chi connectivity index (χ2n) is 4.83.